The molecule has 2 aromatic rings. The van der Waals surface area contributed by atoms with Gasteiger partial charge in [-0.3, -0.25) is 0 Å². The Balaban J connectivity index is 2.11. The van der Waals surface area contributed by atoms with Gasteiger partial charge in [0.25, 0.3) is 0 Å². The molecule has 0 spiro atoms. The number of thioether (sulfide) groups is 2. The van der Waals surface area contributed by atoms with Crippen LogP contribution in [-0.2, 0) is 15.8 Å². The van der Waals surface area contributed by atoms with Crippen LogP contribution in [0.1, 0.15) is 5.56 Å². The summed E-state index contributed by atoms with van der Waals surface area (Å²) in [4.78, 5) is 0.313. The average molecular weight is 362 g/mol. The van der Waals surface area contributed by atoms with Crippen molar-refractivity contribution in [3.63, 3.8) is 0 Å². The van der Waals surface area contributed by atoms with Gasteiger partial charge in [-0.15, -0.1) is 10.2 Å². The van der Waals surface area contributed by atoms with Crippen molar-refractivity contribution in [3.8, 4) is 0 Å². The van der Waals surface area contributed by atoms with Gasteiger partial charge < -0.3 is 0 Å². The first-order valence-corrected chi connectivity index (χ1v) is 10.4. The molecule has 9 heteroatoms. The molecule has 1 heterocycles. The number of nitrogens with zero attached hydrogens (tertiary/aromatic N) is 3. The molecular weight excluding hydrogens is 346 g/mol. The molecule has 5 nitrogen and oxygen atoms in total. The molecule has 1 aromatic carbocycles. The van der Waals surface area contributed by atoms with Gasteiger partial charge in [0.1, 0.15) is 0 Å². The van der Waals surface area contributed by atoms with Gasteiger partial charge in [-0.05, 0) is 24.0 Å². The fourth-order valence-corrected chi connectivity index (χ4v) is 4.84. The van der Waals surface area contributed by atoms with E-state index in [1.165, 1.54) is 18.4 Å². The highest BCUT2D eigenvalue weighted by Gasteiger charge is 2.17. The van der Waals surface area contributed by atoms with Crippen molar-refractivity contribution in [2.45, 2.75) is 19.3 Å². The second kappa shape index (κ2) is 7.10. The van der Waals surface area contributed by atoms with Crippen molar-refractivity contribution in [1.29, 1.82) is 0 Å². The zero-order chi connectivity index (χ0) is 15.5. The Labute approximate surface area is 137 Å². The predicted molar refractivity (Wildman–Crippen MR) is 88.6 cm³/mol. The Hall–Kier alpha value is -0.610. The summed E-state index contributed by atoms with van der Waals surface area (Å²) in [5.74, 6) is 0.666. The first kappa shape index (κ1) is 16.8. The van der Waals surface area contributed by atoms with Crippen molar-refractivity contribution in [2.75, 3.05) is 20.4 Å². The van der Waals surface area contributed by atoms with E-state index in [1.807, 2.05) is 12.3 Å². The summed E-state index contributed by atoms with van der Waals surface area (Å²) in [6.45, 7) is 0. The summed E-state index contributed by atoms with van der Waals surface area (Å²) in [6, 6.07) is 7.00. The van der Waals surface area contributed by atoms with E-state index in [1.54, 1.807) is 53.1 Å². The number of hydrogen-bond acceptors (Lipinski definition) is 7. The molecular formula is C12H15N3O2S4. The topological polar surface area (TPSA) is 63.2 Å². The molecule has 0 saturated heterocycles. The molecule has 2 rings (SSSR count). The highest BCUT2D eigenvalue weighted by atomic mass is 32.2. The molecule has 0 atom stereocenters. The maximum atomic E-state index is 12.1. The first-order chi connectivity index (χ1) is 9.93. The van der Waals surface area contributed by atoms with Crippen LogP contribution in [0.2, 0.25) is 0 Å². The van der Waals surface area contributed by atoms with E-state index in [0.717, 1.165) is 14.2 Å². The zero-order valence-electron chi connectivity index (χ0n) is 11.8. The zero-order valence-corrected chi connectivity index (χ0v) is 15.1. The molecule has 0 aliphatic heterocycles. The van der Waals surface area contributed by atoms with Gasteiger partial charge in [-0.2, -0.15) is 0 Å². The van der Waals surface area contributed by atoms with Gasteiger partial charge in [0.15, 0.2) is 8.68 Å². The van der Waals surface area contributed by atoms with Crippen molar-refractivity contribution in [2.24, 2.45) is 0 Å². The Morgan fingerprint density at radius 1 is 1.24 bits per heavy atom. The lowest BCUT2D eigenvalue weighted by atomic mass is 10.2. The molecule has 0 aliphatic carbocycles. The predicted octanol–water partition coefficient (Wildman–Crippen LogP) is 2.80. The molecule has 0 bridgehead atoms. The number of sulfonamides is 1. The molecule has 21 heavy (non-hydrogen) atoms. The van der Waals surface area contributed by atoms with E-state index in [0.29, 0.717) is 10.6 Å². The van der Waals surface area contributed by atoms with Crippen LogP contribution in [0, 0.1) is 0 Å². The molecule has 0 amide bonds. The smallest absolute Gasteiger partial charge is 0.207 e. The summed E-state index contributed by atoms with van der Waals surface area (Å²) >= 11 is 4.67. The van der Waals surface area contributed by atoms with Crippen LogP contribution in [0.5, 0.6) is 0 Å². The summed E-state index contributed by atoms with van der Waals surface area (Å²) in [5.41, 5.74) is 0.948. The molecule has 0 aliphatic rings. The van der Waals surface area contributed by atoms with Gasteiger partial charge >= 0.3 is 0 Å². The van der Waals surface area contributed by atoms with E-state index in [2.05, 4.69) is 10.2 Å². The van der Waals surface area contributed by atoms with Gasteiger partial charge in [0, 0.05) is 19.8 Å². The lowest BCUT2D eigenvalue weighted by Crippen LogP contribution is -2.22. The largest absolute Gasteiger partial charge is 0.242 e. The summed E-state index contributed by atoms with van der Waals surface area (Å²) < 4.78 is 27.2. The fraction of sp³-hybridized carbons (Fsp3) is 0.333. The maximum Gasteiger partial charge on any atom is 0.242 e. The van der Waals surface area contributed by atoms with Crippen LogP contribution in [0.4, 0.5) is 0 Å². The molecule has 0 saturated carbocycles. The van der Waals surface area contributed by atoms with Crippen molar-refractivity contribution < 1.29 is 8.42 Å². The van der Waals surface area contributed by atoms with E-state index in [-0.39, 0.29) is 0 Å². The number of hydrogen-bond donors (Lipinski definition) is 0. The van der Waals surface area contributed by atoms with Crippen LogP contribution in [-0.4, -0.2) is 43.3 Å². The number of aromatic nitrogens is 2. The fourth-order valence-electron chi connectivity index (χ4n) is 1.49. The molecule has 0 fully saturated rings. The van der Waals surface area contributed by atoms with Crippen LogP contribution in [0.3, 0.4) is 0 Å². The summed E-state index contributed by atoms with van der Waals surface area (Å²) in [7, 11) is -0.327. The standard InChI is InChI=1S/C12H15N3O2S4/c1-15(2)21(16,17)10-6-4-5-9(7-10)8-19-12-14-13-11(18-3)20-12/h4-7H,8H2,1-3H3. The summed E-state index contributed by atoms with van der Waals surface area (Å²) in [6.07, 6.45) is 1.96. The SMILES string of the molecule is CSc1nnc(SCc2cccc(S(=O)(=O)N(C)C)c2)s1. The lowest BCUT2D eigenvalue weighted by molar-refractivity contribution is 0.520. The van der Waals surface area contributed by atoms with Crippen molar-refractivity contribution in [3.05, 3.63) is 29.8 Å². The van der Waals surface area contributed by atoms with Gasteiger partial charge in [-0.1, -0.05) is 47.0 Å². The third-order valence-corrected chi connectivity index (χ3v) is 7.52. The quantitative estimate of drug-likeness (QED) is 0.737. The highest BCUT2D eigenvalue weighted by Crippen LogP contribution is 2.30. The Morgan fingerprint density at radius 2 is 1.95 bits per heavy atom. The minimum atomic E-state index is -3.39. The highest BCUT2D eigenvalue weighted by molar-refractivity contribution is 8.02. The third-order valence-electron chi connectivity index (χ3n) is 2.60. The van der Waals surface area contributed by atoms with Gasteiger partial charge in [-0.25, -0.2) is 12.7 Å². The van der Waals surface area contributed by atoms with Crippen LogP contribution < -0.4 is 0 Å². The van der Waals surface area contributed by atoms with E-state index >= 15 is 0 Å². The normalized spacial score (nSPS) is 12.0. The van der Waals surface area contributed by atoms with Gasteiger partial charge in [0.2, 0.25) is 10.0 Å². The lowest BCUT2D eigenvalue weighted by Gasteiger charge is -2.12. The number of rotatable bonds is 6. The van der Waals surface area contributed by atoms with E-state index in [4.69, 9.17) is 0 Å². The molecule has 0 unspecified atom stereocenters. The summed E-state index contributed by atoms with van der Waals surface area (Å²) in [5, 5.41) is 8.12. The van der Waals surface area contributed by atoms with E-state index < -0.39 is 10.0 Å². The minimum Gasteiger partial charge on any atom is -0.207 e. The molecule has 0 radical (unpaired) electrons. The Bertz CT molecular complexity index is 713. The monoisotopic (exact) mass is 361 g/mol. The molecule has 1 aromatic heterocycles. The maximum absolute atomic E-state index is 12.1. The third kappa shape index (κ3) is 4.19. The van der Waals surface area contributed by atoms with Crippen LogP contribution in [0.25, 0.3) is 0 Å². The Morgan fingerprint density at radius 3 is 2.57 bits per heavy atom. The molecule has 114 valence electrons. The van der Waals surface area contributed by atoms with Gasteiger partial charge in [0.05, 0.1) is 4.90 Å². The van der Waals surface area contributed by atoms with Crippen LogP contribution in [0.15, 0.2) is 37.8 Å². The second-order valence-corrected chi connectivity index (χ2v) is 9.67. The van der Waals surface area contributed by atoms with Crippen LogP contribution >= 0.6 is 34.9 Å². The average Bonchev–Trinajstić information content (AvgIpc) is 2.93. The van der Waals surface area contributed by atoms with Crippen molar-refractivity contribution in [1.82, 2.24) is 14.5 Å². The second-order valence-electron chi connectivity index (χ2n) is 4.26. The van der Waals surface area contributed by atoms with Crippen molar-refractivity contribution >= 4 is 44.9 Å². The minimum absolute atomic E-state index is 0.313. The van der Waals surface area contributed by atoms with E-state index in [9.17, 15) is 8.42 Å². The first-order valence-electron chi connectivity index (χ1n) is 5.95. The Kier molecular flexibility index (Phi) is 5.67. The number of benzene rings is 1. The molecule has 0 N–H and O–H groups in total.